The zero-order valence-corrected chi connectivity index (χ0v) is 11.5. The molecule has 1 amide bonds. The number of carbonyl (C=O) groups excluding carboxylic acids is 1. The number of halogens is 3. The van der Waals surface area contributed by atoms with E-state index >= 15 is 0 Å². The molecule has 3 N–H and O–H groups in total. The van der Waals surface area contributed by atoms with E-state index in [0.29, 0.717) is 0 Å². The van der Waals surface area contributed by atoms with Crippen LogP contribution in [-0.2, 0) is 0 Å². The molecule has 0 fully saturated rings. The van der Waals surface area contributed by atoms with E-state index in [1.54, 1.807) is 12.1 Å². The molecule has 114 valence electrons. The Morgan fingerprint density at radius 2 is 2.05 bits per heavy atom. The largest absolute Gasteiger partial charge is 0.416 e. The zero-order chi connectivity index (χ0) is 15.8. The first-order valence-electron chi connectivity index (χ1n) is 6.32. The number of nitrogens with one attached hydrogen (secondary N) is 2. The van der Waals surface area contributed by atoms with Crippen molar-refractivity contribution < 1.29 is 23.1 Å². The Morgan fingerprint density at radius 3 is 2.67 bits per heavy atom. The van der Waals surface area contributed by atoms with Crippen LogP contribution in [0.25, 0.3) is 10.9 Å². The highest BCUT2D eigenvalue weighted by molar-refractivity contribution is 5.99. The second-order valence-electron chi connectivity index (χ2n) is 4.90. The van der Waals surface area contributed by atoms with Crippen molar-refractivity contribution in [1.82, 2.24) is 10.3 Å². The number of amides is 1. The molecule has 0 spiro atoms. The van der Waals surface area contributed by atoms with Crippen LogP contribution in [0.1, 0.15) is 21.6 Å². The summed E-state index contributed by atoms with van der Waals surface area (Å²) >= 11 is 0. The maximum Gasteiger partial charge on any atom is 0.416 e. The van der Waals surface area contributed by atoms with E-state index in [1.165, 1.54) is 6.07 Å². The molecule has 1 heterocycles. The van der Waals surface area contributed by atoms with Gasteiger partial charge in [0.1, 0.15) is 0 Å². The molecule has 1 atom stereocenters. The molecule has 2 aromatic rings. The van der Waals surface area contributed by atoms with Crippen molar-refractivity contribution in [2.75, 3.05) is 6.54 Å². The van der Waals surface area contributed by atoms with Crippen molar-refractivity contribution in [1.29, 1.82) is 0 Å². The minimum absolute atomic E-state index is 0.249. The van der Waals surface area contributed by atoms with Crippen LogP contribution in [0, 0.1) is 13.8 Å². The summed E-state index contributed by atoms with van der Waals surface area (Å²) in [6.07, 6.45) is -7.31. The summed E-state index contributed by atoms with van der Waals surface area (Å²) in [6.45, 7) is 2.92. The van der Waals surface area contributed by atoms with Gasteiger partial charge in [-0.25, -0.2) is 0 Å². The first-order chi connectivity index (χ1) is 9.70. The number of carbonyl (C=O) groups is 1. The van der Waals surface area contributed by atoms with Gasteiger partial charge in [0.25, 0.3) is 5.91 Å². The maximum absolute atomic E-state index is 12.2. The molecule has 0 saturated carbocycles. The summed E-state index contributed by atoms with van der Waals surface area (Å²) < 4.78 is 36.5. The van der Waals surface area contributed by atoms with Crippen LogP contribution in [0.5, 0.6) is 0 Å². The molecule has 1 aromatic heterocycles. The van der Waals surface area contributed by atoms with E-state index in [2.05, 4.69) is 10.3 Å². The van der Waals surface area contributed by atoms with Gasteiger partial charge in [-0.15, -0.1) is 0 Å². The lowest BCUT2D eigenvalue weighted by molar-refractivity contribution is -0.201. The number of aliphatic hydroxyl groups is 1. The lowest BCUT2D eigenvalue weighted by Gasteiger charge is -2.15. The molecule has 0 radical (unpaired) electrons. The van der Waals surface area contributed by atoms with E-state index in [9.17, 15) is 18.0 Å². The molecule has 0 aliphatic carbocycles. The molecule has 1 aromatic carbocycles. The number of aryl methyl sites for hydroxylation is 2. The number of aromatic amines is 1. The van der Waals surface area contributed by atoms with Crippen molar-refractivity contribution in [3.8, 4) is 0 Å². The molecular formula is C14H15F3N2O2. The second kappa shape index (κ2) is 5.40. The molecule has 4 nitrogen and oxygen atoms in total. The SMILES string of the molecule is Cc1[nH]c2ccc(C(=O)NCC(O)C(F)(F)F)cc2c1C. The number of hydrogen-bond acceptors (Lipinski definition) is 2. The quantitative estimate of drug-likeness (QED) is 0.815. The minimum Gasteiger partial charge on any atom is -0.382 e. The highest BCUT2D eigenvalue weighted by Crippen LogP contribution is 2.23. The van der Waals surface area contributed by atoms with Crippen LogP contribution in [-0.4, -0.2) is 34.8 Å². The molecule has 0 aliphatic rings. The van der Waals surface area contributed by atoms with Crippen molar-refractivity contribution in [3.63, 3.8) is 0 Å². The number of aliphatic hydroxyl groups excluding tert-OH is 1. The molecule has 1 unspecified atom stereocenters. The Labute approximate surface area is 119 Å². The van der Waals surface area contributed by atoms with Gasteiger partial charge in [-0.3, -0.25) is 4.79 Å². The fraction of sp³-hybridized carbons (Fsp3) is 0.357. The first kappa shape index (κ1) is 15.4. The number of rotatable bonds is 3. The van der Waals surface area contributed by atoms with Gasteiger partial charge in [0.05, 0.1) is 6.54 Å². The van der Waals surface area contributed by atoms with Gasteiger partial charge in [-0.2, -0.15) is 13.2 Å². The summed E-state index contributed by atoms with van der Waals surface area (Å²) in [5.41, 5.74) is 3.06. The predicted molar refractivity (Wildman–Crippen MR) is 72.2 cm³/mol. The number of benzene rings is 1. The average Bonchev–Trinajstić information content (AvgIpc) is 2.69. The predicted octanol–water partition coefficient (Wildman–Crippen LogP) is 2.44. The Balaban J connectivity index is 2.15. The molecular weight excluding hydrogens is 285 g/mol. The molecule has 7 heteroatoms. The fourth-order valence-electron chi connectivity index (χ4n) is 2.01. The summed E-state index contributed by atoms with van der Waals surface area (Å²) in [5, 5.41) is 11.8. The van der Waals surface area contributed by atoms with Crippen molar-refractivity contribution >= 4 is 16.8 Å². The number of aromatic nitrogens is 1. The Bertz CT molecular complexity index is 677. The lowest BCUT2D eigenvalue weighted by atomic mass is 10.1. The van der Waals surface area contributed by atoms with E-state index in [-0.39, 0.29) is 5.56 Å². The Kier molecular flexibility index (Phi) is 3.95. The summed E-state index contributed by atoms with van der Waals surface area (Å²) in [4.78, 5) is 15.0. The van der Waals surface area contributed by atoms with Gasteiger partial charge in [-0.1, -0.05) is 0 Å². The number of alkyl halides is 3. The maximum atomic E-state index is 12.2. The Hall–Kier alpha value is -2.02. The van der Waals surface area contributed by atoms with E-state index in [1.807, 2.05) is 13.8 Å². The summed E-state index contributed by atoms with van der Waals surface area (Å²) in [5.74, 6) is -0.654. The molecule has 0 aliphatic heterocycles. The smallest absolute Gasteiger partial charge is 0.382 e. The van der Waals surface area contributed by atoms with Gasteiger partial charge >= 0.3 is 6.18 Å². The lowest BCUT2D eigenvalue weighted by Crippen LogP contribution is -2.40. The third-order valence-corrected chi connectivity index (χ3v) is 3.40. The molecule has 21 heavy (non-hydrogen) atoms. The monoisotopic (exact) mass is 300 g/mol. The van der Waals surface area contributed by atoms with Gasteiger partial charge in [0.2, 0.25) is 0 Å². The van der Waals surface area contributed by atoms with Crippen LogP contribution in [0.2, 0.25) is 0 Å². The molecule has 0 bridgehead atoms. The summed E-state index contributed by atoms with van der Waals surface area (Å²) in [7, 11) is 0. The third-order valence-electron chi connectivity index (χ3n) is 3.40. The normalized spacial score (nSPS) is 13.4. The fourth-order valence-corrected chi connectivity index (χ4v) is 2.01. The number of hydrogen-bond donors (Lipinski definition) is 3. The highest BCUT2D eigenvalue weighted by Gasteiger charge is 2.38. The van der Waals surface area contributed by atoms with Crippen LogP contribution < -0.4 is 5.32 Å². The van der Waals surface area contributed by atoms with Crippen LogP contribution in [0.4, 0.5) is 13.2 Å². The zero-order valence-electron chi connectivity index (χ0n) is 11.5. The second-order valence-corrected chi connectivity index (χ2v) is 4.90. The highest BCUT2D eigenvalue weighted by atomic mass is 19.4. The average molecular weight is 300 g/mol. The van der Waals surface area contributed by atoms with Crippen LogP contribution >= 0.6 is 0 Å². The minimum atomic E-state index is -4.74. The van der Waals surface area contributed by atoms with Gasteiger partial charge in [0, 0.05) is 22.2 Å². The number of H-pyrrole nitrogens is 1. The standard InChI is InChI=1S/C14H15F3N2O2/c1-7-8(2)19-11-4-3-9(5-10(7)11)13(21)18-6-12(20)14(15,16)17/h3-5,12,19-20H,6H2,1-2H3,(H,18,21). The topological polar surface area (TPSA) is 65.1 Å². The van der Waals surface area contributed by atoms with E-state index in [4.69, 9.17) is 5.11 Å². The van der Waals surface area contributed by atoms with Gasteiger partial charge in [0.15, 0.2) is 6.10 Å². The molecule has 0 saturated heterocycles. The molecule has 2 rings (SSSR count). The van der Waals surface area contributed by atoms with E-state index in [0.717, 1.165) is 22.2 Å². The van der Waals surface area contributed by atoms with Crippen molar-refractivity contribution in [3.05, 3.63) is 35.0 Å². The number of fused-ring (bicyclic) bond motifs is 1. The van der Waals surface area contributed by atoms with Crippen molar-refractivity contribution in [2.24, 2.45) is 0 Å². The summed E-state index contributed by atoms with van der Waals surface area (Å²) in [6, 6.07) is 4.83. The van der Waals surface area contributed by atoms with Gasteiger partial charge < -0.3 is 15.4 Å². The van der Waals surface area contributed by atoms with Crippen LogP contribution in [0.3, 0.4) is 0 Å². The van der Waals surface area contributed by atoms with Crippen LogP contribution in [0.15, 0.2) is 18.2 Å². The third kappa shape index (κ3) is 3.18. The van der Waals surface area contributed by atoms with E-state index < -0.39 is 24.7 Å². The first-order valence-corrected chi connectivity index (χ1v) is 6.32. The van der Waals surface area contributed by atoms with Crippen molar-refractivity contribution in [2.45, 2.75) is 26.1 Å². The van der Waals surface area contributed by atoms with Gasteiger partial charge in [-0.05, 0) is 37.6 Å². The Morgan fingerprint density at radius 1 is 1.38 bits per heavy atom.